The molecule has 3 rings (SSSR count). The van der Waals surface area contributed by atoms with Gasteiger partial charge in [-0.05, 0) is 42.7 Å². The second kappa shape index (κ2) is 8.33. The first-order chi connectivity index (χ1) is 13.4. The number of para-hydroxylation sites is 2. The maximum Gasteiger partial charge on any atom is 0.348 e. The highest BCUT2D eigenvalue weighted by molar-refractivity contribution is 5.99. The van der Waals surface area contributed by atoms with Crippen LogP contribution < -0.4 is 14.4 Å². The van der Waals surface area contributed by atoms with Crippen LogP contribution in [0.1, 0.15) is 32.3 Å². The lowest BCUT2D eigenvalue weighted by Crippen LogP contribution is -2.50. The topological polar surface area (TPSA) is 65.1 Å². The van der Waals surface area contributed by atoms with Gasteiger partial charge in [-0.1, -0.05) is 38.1 Å². The Balaban J connectivity index is 1.78. The van der Waals surface area contributed by atoms with Gasteiger partial charge in [-0.2, -0.15) is 0 Å². The number of rotatable bonds is 5. The first kappa shape index (κ1) is 19.7. The molecule has 1 aliphatic heterocycles. The molecule has 1 heterocycles. The van der Waals surface area contributed by atoms with Crippen molar-refractivity contribution in [1.29, 1.82) is 0 Å². The van der Waals surface area contributed by atoms with Crippen LogP contribution in [0.15, 0.2) is 48.5 Å². The minimum absolute atomic E-state index is 0.0719. The summed E-state index contributed by atoms with van der Waals surface area (Å²) < 4.78 is 16.3. The number of carbonyl (C=O) groups is 2. The minimum atomic E-state index is -0.874. The van der Waals surface area contributed by atoms with Gasteiger partial charge >= 0.3 is 5.97 Å². The summed E-state index contributed by atoms with van der Waals surface area (Å²) in [4.78, 5) is 26.6. The van der Waals surface area contributed by atoms with Gasteiger partial charge in [0.25, 0.3) is 5.91 Å². The third-order valence-corrected chi connectivity index (χ3v) is 4.71. The monoisotopic (exact) mass is 383 g/mol. The smallest absolute Gasteiger partial charge is 0.348 e. The van der Waals surface area contributed by atoms with Crippen molar-refractivity contribution in [2.24, 2.45) is 0 Å². The van der Waals surface area contributed by atoms with E-state index in [1.165, 1.54) is 17.6 Å². The van der Waals surface area contributed by atoms with Gasteiger partial charge in [-0.3, -0.25) is 4.79 Å². The maximum absolute atomic E-state index is 13.1. The van der Waals surface area contributed by atoms with E-state index in [1.54, 1.807) is 25.1 Å². The van der Waals surface area contributed by atoms with E-state index in [4.69, 9.17) is 14.2 Å². The summed E-state index contributed by atoms with van der Waals surface area (Å²) in [5, 5.41) is 0. The highest BCUT2D eigenvalue weighted by atomic mass is 16.6. The van der Waals surface area contributed by atoms with Crippen LogP contribution in [0.2, 0.25) is 0 Å². The highest BCUT2D eigenvalue weighted by Gasteiger charge is 2.36. The van der Waals surface area contributed by atoms with Gasteiger partial charge in [0.15, 0.2) is 6.10 Å². The Labute approximate surface area is 165 Å². The molecule has 2 atom stereocenters. The number of anilines is 1. The number of hydrogen-bond acceptors (Lipinski definition) is 5. The molecule has 1 amide bonds. The number of hydrogen-bond donors (Lipinski definition) is 0. The van der Waals surface area contributed by atoms with E-state index in [0.717, 1.165) is 0 Å². The number of fused-ring (bicyclic) bond motifs is 1. The fraction of sp³-hybridized carbons (Fsp3) is 0.364. The number of nitrogens with zero attached hydrogens (tertiary/aromatic N) is 1. The largest absolute Gasteiger partial charge is 0.481 e. The Kier molecular flexibility index (Phi) is 5.87. The standard InChI is InChI=1S/C22H25NO5/c1-14(2)16-9-11-17(12-10-16)27-15(3)21(24)23-13-20(22(25)26-4)28-19-8-6-5-7-18(19)23/h5-12,14-15,20H,13H2,1-4H3/t15-,20+/m1/s1. The lowest BCUT2D eigenvalue weighted by Gasteiger charge is -2.34. The summed E-state index contributed by atoms with van der Waals surface area (Å²) in [7, 11) is 1.30. The molecule has 6 nitrogen and oxygen atoms in total. The molecule has 0 aromatic heterocycles. The molecule has 2 aromatic carbocycles. The average molecular weight is 383 g/mol. The van der Waals surface area contributed by atoms with E-state index < -0.39 is 18.2 Å². The summed E-state index contributed by atoms with van der Waals surface area (Å²) in [5.41, 5.74) is 1.81. The van der Waals surface area contributed by atoms with E-state index in [9.17, 15) is 9.59 Å². The Bertz CT molecular complexity index is 846. The van der Waals surface area contributed by atoms with Crippen LogP contribution in [0.25, 0.3) is 0 Å². The molecule has 0 radical (unpaired) electrons. The number of amides is 1. The zero-order valence-corrected chi connectivity index (χ0v) is 16.5. The molecule has 0 saturated carbocycles. The van der Waals surface area contributed by atoms with Crippen LogP contribution in [-0.2, 0) is 14.3 Å². The number of esters is 1. The second-order valence-electron chi connectivity index (χ2n) is 7.03. The quantitative estimate of drug-likeness (QED) is 0.739. The normalized spacial score (nSPS) is 16.8. The van der Waals surface area contributed by atoms with Crippen molar-refractivity contribution in [2.45, 2.75) is 38.9 Å². The number of benzene rings is 2. The lowest BCUT2D eigenvalue weighted by atomic mass is 10.0. The molecule has 0 unspecified atom stereocenters. The van der Waals surface area contributed by atoms with Crippen LogP contribution in [0.5, 0.6) is 11.5 Å². The van der Waals surface area contributed by atoms with Crippen molar-refractivity contribution < 1.29 is 23.8 Å². The van der Waals surface area contributed by atoms with Crippen molar-refractivity contribution in [2.75, 3.05) is 18.6 Å². The Hall–Kier alpha value is -3.02. The molecule has 1 aliphatic rings. The summed E-state index contributed by atoms with van der Waals surface area (Å²) in [6.07, 6.45) is -1.60. The molecule has 0 fully saturated rings. The van der Waals surface area contributed by atoms with E-state index in [2.05, 4.69) is 13.8 Å². The summed E-state index contributed by atoms with van der Waals surface area (Å²) in [6, 6.07) is 14.8. The van der Waals surface area contributed by atoms with Crippen LogP contribution in [0, 0.1) is 0 Å². The first-order valence-electron chi connectivity index (χ1n) is 9.32. The summed E-state index contributed by atoms with van der Waals surface area (Å²) in [5.74, 6) is 0.734. The molecule has 148 valence electrons. The molecule has 0 N–H and O–H groups in total. The van der Waals surface area contributed by atoms with E-state index in [-0.39, 0.29) is 12.5 Å². The van der Waals surface area contributed by atoms with Gasteiger partial charge in [-0.15, -0.1) is 0 Å². The third-order valence-electron chi connectivity index (χ3n) is 4.71. The van der Waals surface area contributed by atoms with Crippen molar-refractivity contribution >= 4 is 17.6 Å². The SMILES string of the molecule is COC(=O)[C@@H]1CN(C(=O)[C@@H](C)Oc2ccc(C(C)C)cc2)c2ccccc2O1. The number of carbonyl (C=O) groups excluding carboxylic acids is 2. The maximum atomic E-state index is 13.1. The zero-order valence-electron chi connectivity index (χ0n) is 16.5. The molecule has 0 bridgehead atoms. The summed E-state index contributed by atoms with van der Waals surface area (Å²) in [6.45, 7) is 6.01. The lowest BCUT2D eigenvalue weighted by molar-refractivity contribution is -0.148. The van der Waals surface area contributed by atoms with Crippen LogP contribution >= 0.6 is 0 Å². The molecule has 0 saturated heterocycles. The van der Waals surface area contributed by atoms with Gasteiger partial charge in [0.1, 0.15) is 11.5 Å². The van der Waals surface area contributed by atoms with Crippen LogP contribution in [0.4, 0.5) is 5.69 Å². The zero-order chi connectivity index (χ0) is 20.3. The number of ether oxygens (including phenoxy) is 3. The molecule has 0 spiro atoms. The van der Waals surface area contributed by atoms with Gasteiger partial charge in [0.05, 0.1) is 19.3 Å². The fourth-order valence-electron chi connectivity index (χ4n) is 3.10. The first-order valence-corrected chi connectivity index (χ1v) is 9.32. The van der Waals surface area contributed by atoms with Crippen molar-refractivity contribution in [3.63, 3.8) is 0 Å². The minimum Gasteiger partial charge on any atom is -0.481 e. The third kappa shape index (κ3) is 4.11. The van der Waals surface area contributed by atoms with E-state index in [1.807, 2.05) is 30.3 Å². The van der Waals surface area contributed by atoms with Gasteiger partial charge in [-0.25, -0.2) is 4.79 Å². The fourth-order valence-corrected chi connectivity index (χ4v) is 3.10. The van der Waals surface area contributed by atoms with E-state index >= 15 is 0 Å². The average Bonchev–Trinajstić information content (AvgIpc) is 2.72. The molecule has 2 aromatic rings. The molecule has 6 heteroatoms. The number of methoxy groups -OCH3 is 1. The Morgan fingerprint density at radius 2 is 1.75 bits per heavy atom. The second-order valence-corrected chi connectivity index (χ2v) is 7.03. The van der Waals surface area contributed by atoms with Crippen LogP contribution in [-0.4, -0.2) is 37.7 Å². The van der Waals surface area contributed by atoms with Gasteiger partial charge < -0.3 is 19.1 Å². The predicted molar refractivity (Wildman–Crippen MR) is 106 cm³/mol. The highest BCUT2D eigenvalue weighted by Crippen LogP contribution is 2.34. The van der Waals surface area contributed by atoms with Gasteiger partial charge in [0.2, 0.25) is 6.10 Å². The molecular weight excluding hydrogens is 358 g/mol. The molecule has 0 aliphatic carbocycles. The Morgan fingerprint density at radius 1 is 1.07 bits per heavy atom. The summed E-state index contributed by atoms with van der Waals surface area (Å²) >= 11 is 0. The van der Waals surface area contributed by atoms with Crippen molar-refractivity contribution in [1.82, 2.24) is 0 Å². The van der Waals surface area contributed by atoms with Crippen molar-refractivity contribution in [3.8, 4) is 11.5 Å². The van der Waals surface area contributed by atoms with Crippen molar-refractivity contribution in [3.05, 3.63) is 54.1 Å². The van der Waals surface area contributed by atoms with Gasteiger partial charge in [0, 0.05) is 0 Å². The predicted octanol–water partition coefficient (Wildman–Crippen LogP) is 3.54. The Morgan fingerprint density at radius 3 is 2.39 bits per heavy atom. The van der Waals surface area contributed by atoms with Crippen LogP contribution in [0.3, 0.4) is 0 Å². The molecule has 28 heavy (non-hydrogen) atoms. The van der Waals surface area contributed by atoms with E-state index in [0.29, 0.717) is 23.1 Å². The molecular formula is C22H25NO5.